The zero-order valence-corrected chi connectivity index (χ0v) is 9.80. The Labute approximate surface area is 104 Å². The average molecular weight is 254 g/mol. The molecule has 6 heteroatoms. The highest BCUT2D eigenvalue weighted by atomic mass is 19.1. The molecule has 0 atom stereocenters. The van der Waals surface area contributed by atoms with Crippen LogP contribution < -0.4 is 10.5 Å². The highest BCUT2D eigenvalue weighted by Crippen LogP contribution is 2.22. The molecule has 1 aromatic carbocycles. The van der Waals surface area contributed by atoms with Crippen LogP contribution in [0, 0.1) is 5.82 Å². The molecule has 0 saturated carbocycles. The van der Waals surface area contributed by atoms with Crippen LogP contribution in [0.2, 0.25) is 0 Å². The van der Waals surface area contributed by atoms with Gasteiger partial charge in [-0.3, -0.25) is 0 Å². The number of ether oxygens (including phenoxy) is 2. The summed E-state index contributed by atoms with van der Waals surface area (Å²) < 4.78 is 24.5. The zero-order chi connectivity index (χ0) is 13.0. The van der Waals surface area contributed by atoms with Crippen LogP contribution in [-0.4, -0.2) is 30.4 Å². The van der Waals surface area contributed by atoms with E-state index in [1.165, 1.54) is 12.1 Å². The van der Waals surface area contributed by atoms with Crippen molar-refractivity contribution in [2.75, 3.05) is 13.2 Å². The van der Waals surface area contributed by atoms with E-state index >= 15 is 0 Å². The summed E-state index contributed by atoms with van der Waals surface area (Å²) in [6, 6.07) is 4.22. The fourth-order valence-corrected chi connectivity index (χ4v) is 1.79. The summed E-state index contributed by atoms with van der Waals surface area (Å²) in [5, 5.41) is 11.3. The number of hydrogen-bond acceptors (Lipinski definition) is 4. The van der Waals surface area contributed by atoms with Gasteiger partial charge >= 0.3 is 0 Å². The molecule has 18 heavy (non-hydrogen) atoms. The summed E-state index contributed by atoms with van der Waals surface area (Å²) in [5.74, 6) is -0.478. The Morgan fingerprint density at radius 2 is 2.17 bits per heavy atom. The van der Waals surface area contributed by atoms with Crippen LogP contribution in [0.15, 0.2) is 23.4 Å². The van der Waals surface area contributed by atoms with Crippen molar-refractivity contribution in [1.82, 2.24) is 0 Å². The molecule has 0 spiro atoms. The van der Waals surface area contributed by atoms with Gasteiger partial charge < -0.3 is 20.4 Å². The van der Waals surface area contributed by atoms with E-state index in [1.54, 1.807) is 6.07 Å². The molecular formula is C12H15FN2O3. The summed E-state index contributed by atoms with van der Waals surface area (Å²) in [5.41, 5.74) is 5.69. The summed E-state index contributed by atoms with van der Waals surface area (Å²) in [4.78, 5) is 0. The molecular weight excluding hydrogens is 239 g/mol. The zero-order valence-electron chi connectivity index (χ0n) is 9.80. The van der Waals surface area contributed by atoms with E-state index in [4.69, 9.17) is 20.4 Å². The lowest BCUT2D eigenvalue weighted by Gasteiger charge is -2.23. The van der Waals surface area contributed by atoms with Crippen LogP contribution in [0.25, 0.3) is 0 Å². The van der Waals surface area contributed by atoms with Gasteiger partial charge in [0.1, 0.15) is 6.10 Å². The number of nitrogens with two attached hydrogens (primary N) is 1. The molecule has 1 aliphatic heterocycles. The number of oxime groups is 1. The van der Waals surface area contributed by atoms with Crippen molar-refractivity contribution in [3.63, 3.8) is 0 Å². The Balaban J connectivity index is 2.09. The molecule has 1 fully saturated rings. The second kappa shape index (κ2) is 5.68. The van der Waals surface area contributed by atoms with E-state index in [9.17, 15) is 4.39 Å². The molecule has 2 rings (SSSR count). The number of hydrogen-bond donors (Lipinski definition) is 2. The van der Waals surface area contributed by atoms with E-state index in [1.807, 2.05) is 0 Å². The second-order valence-corrected chi connectivity index (χ2v) is 4.06. The molecule has 0 aromatic heterocycles. The van der Waals surface area contributed by atoms with Crippen molar-refractivity contribution in [3.05, 3.63) is 29.6 Å². The number of halogens is 1. The lowest BCUT2D eigenvalue weighted by molar-refractivity contribution is 0.0240. The van der Waals surface area contributed by atoms with E-state index < -0.39 is 5.82 Å². The quantitative estimate of drug-likeness (QED) is 0.371. The van der Waals surface area contributed by atoms with Crippen LogP contribution in [0.5, 0.6) is 5.75 Å². The highest BCUT2D eigenvalue weighted by molar-refractivity contribution is 5.97. The maximum absolute atomic E-state index is 13.8. The molecule has 0 aliphatic carbocycles. The van der Waals surface area contributed by atoms with E-state index in [0.717, 1.165) is 12.8 Å². The Hall–Kier alpha value is -1.82. The topological polar surface area (TPSA) is 77.1 Å². The first kappa shape index (κ1) is 12.6. The predicted molar refractivity (Wildman–Crippen MR) is 63.4 cm³/mol. The van der Waals surface area contributed by atoms with Crippen molar-refractivity contribution in [2.45, 2.75) is 18.9 Å². The summed E-state index contributed by atoms with van der Waals surface area (Å²) in [6.45, 7) is 1.27. The van der Waals surface area contributed by atoms with Crippen molar-refractivity contribution >= 4 is 5.84 Å². The summed E-state index contributed by atoms with van der Waals surface area (Å²) in [7, 11) is 0. The first-order valence-electron chi connectivity index (χ1n) is 5.72. The van der Waals surface area contributed by atoms with Crippen LogP contribution in [-0.2, 0) is 4.74 Å². The normalized spacial score (nSPS) is 17.7. The number of benzene rings is 1. The molecule has 1 aliphatic rings. The number of rotatable bonds is 3. The molecule has 1 aromatic rings. The first-order valence-corrected chi connectivity index (χ1v) is 5.72. The molecule has 1 heterocycles. The van der Waals surface area contributed by atoms with Gasteiger partial charge in [-0.25, -0.2) is 4.39 Å². The van der Waals surface area contributed by atoms with E-state index in [0.29, 0.717) is 18.8 Å². The molecule has 3 N–H and O–H groups in total. The third-order valence-corrected chi connectivity index (χ3v) is 2.80. The first-order chi connectivity index (χ1) is 8.70. The predicted octanol–water partition coefficient (Wildman–Crippen LogP) is 1.48. The van der Waals surface area contributed by atoms with E-state index in [-0.39, 0.29) is 17.7 Å². The minimum atomic E-state index is -0.523. The van der Waals surface area contributed by atoms with Crippen molar-refractivity contribution in [1.29, 1.82) is 0 Å². The maximum Gasteiger partial charge on any atom is 0.170 e. The monoisotopic (exact) mass is 254 g/mol. The van der Waals surface area contributed by atoms with Gasteiger partial charge in [0, 0.05) is 18.4 Å². The average Bonchev–Trinajstić information content (AvgIpc) is 2.41. The maximum atomic E-state index is 13.8. The minimum Gasteiger partial charge on any atom is -0.487 e. The molecule has 0 unspecified atom stereocenters. The van der Waals surface area contributed by atoms with Gasteiger partial charge in [-0.15, -0.1) is 0 Å². The Bertz CT molecular complexity index is 445. The Morgan fingerprint density at radius 3 is 2.78 bits per heavy atom. The summed E-state index contributed by atoms with van der Waals surface area (Å²) >= 11 is 0. The van der Waals surface area contributed by atoms with Crippen molar-refractivity contribution in [3.8, 4) is 5.75 Å². The SMILES string of the molecule is N/C(=N/O)c1ccc(OC2CCOCC2)c(F)c1. The van der Waals surface area contributed by atoms with Gasteiger partial charge in [0.15, 0.2) is 17.4 Å². The van der Waals surface area contributed by atoms with Gasteiger partial charge in [-0.2, -0.15) is 0 Å². The van der Waals surface area contributed by atoms with Crippen molar-refractivity contribution < 1.29 is 19.1 Å². The third-order valence-electron chi connectivity index (χ3n) is 2.80. The van der Waals surface area contributed by atoms with Gasteiger partial charge in [-0.05, 0) is 18.2 Å². The van der Waals surface area contributed by atoms with Gasteiger partial charge in [0.2, 0.25) is 0 Å². The van der Waals surface area contributed by atoms with Crippen LogP contribution in [0.3, 0.4) is 0 Å². The largest absolute Gasteiger partial charge is 0.487 e. The lowest BCUT2D eigenvalue weighted by Crippen LogP contribution is -2.26. The van der Waals surface area contributed by atoms with E-state index in [2.05, 4.69) is 5.16 Å². The van der Waals surface area contributed by atoms with Gasteiger partial charge in [0.05, 0.1) is 13.2 Å². The molecule has 1 saturated heterocycles. The Kier molecular flexibility index (Phi) is 3.99. The van der Waals surface area contributed by atoms with Crippen LogP contribution in [0.4, 0.5) is 4.39 Å². The molecule has 98 valence electrons. The molecule has 0 amide bonds. The summed E-state index contributed by atoms with van der Waals surface area (Å²) in [6.07, 6.45) is 1.48. The smallest absolute Gasteiger partial charge is 0.170 e. The van der Waals surface area contributed by atoms with Crippen molar-refractivity contribution in [2.24, 2.45) is 10.9 Å². The highest BCUT2D eigenvalue weighted by Gasteiger charge is 2.17. The molecule has 0 radical (unpaired) electrons. The molecule has 0 bridgehead atoms. The van der Waals surface area contributed by atoms with Gasteiger partial charge in [0.25, 0.3) is 0 Å². The third kappa shape index (κ3) is 2.89. The fourth-order valence-electron chi connectivity index (χ4n) is 1.79. The fraction of sp³-hybridized carbons (Fsp3) is 0.417. The lowest BCUT2D eigenvalue weighted by atomic mass is 10.1. The Morgan fingerprint density at radius 1 is 1.44 bits per heavy atom. The minimum absolute atomic E-state index is 0.0250. The van der Waals surface area contributed by atoms with Gasteiger partial charge in [-0.1, -0.05) is 5.16 Å². The van der Waals surface area contributed by atoms with Crippen LogP contribution >= 0.6 is 0 Å². The standard InChI is InChI=1S/C12H15FN2O3/c13-10-7-8(12(14)15-16)1-2-11(10)18-9-3-5-17-6-4-9/h1-2,7,9,16H,3-6H2,(H2,14,15). The molecule has 5 nitrogen and oxygen atoms in total. The number of amidine groups is 1. The number of nitrogens with zero attached hydrogens (tertiary/aromatic N) is 1. The second-order valence-electron chi connectivity index (χ2n) is 4.06. The van der Waals surface area contributed by atoms with Crippen LogP contribution in [0.1, 0.15) is 18.4 Å².